The van der Waals surface area contributed by atoms with E-state index in [0.29, 0.717) is 5.41 Å². The molecule has 1 aliphatic heterocycles. The Balaban J connectivity index is 2.09. The van der Waals surface area contributed by atoms with Gasteiger partial charge in [0.25, 0.3) is 0 Å². The number of hydrogen-bond donors (Lipinski definition) is 1. The van der Waals surface area contributed by atoms with Gasteiger partial charge in [-0.15, -0.1) is 0 Å². The summed E-state index contributed by atoms with van der Waals surface area (Å²) in [7, 11) is 0. The molecule has 1 unspecified atom stereocenters. The Morgan fingerprint density at radius 1 is 1.43 bits per heavy atom. The van der Waals surface area contributed by atoms with E-state index in [9.17, 15) is 0 Å². The van der Waals surface area contributed by atoms with E-state index in [2.05, 4.69) is 27.3 Å². The Kier molecular flexibility index (Phi) is 1.99. The van der Waals surface area contributed by atoms with Gasteiger partial charge in [0.2, 0.25) is 0 Å². The van der Waals surface area contributed by atoms with Gasteiger partial charge in [-0.05, 0) is 47.8 Å². The molecule has 1 saturated heterocycles. The lowest BCUT2D eigenvalue weighted by Crippen LogP contribution is -2.32. The Morgan fingerprint density at radius 3 is 3.14 bits per heavy atom. The number of furan rings is 1. The quantitative estimate of drug-likeness (QED) is 0.771. The third kappa shape index (κ3) is 1.18. The van der Waals surface area contributed by atoms with Crippen LogP contribution in [0.3, 0.4) is 0 Å². The summed E-state index contributed by atoms with van der Waals surface area (Å²) < 4.78 is 6.58. The van der Waals surface area contributed by atoms with E-state index in [1.165, 1.54) is 30.6 Å². The molecule has 0 saturated carbocycles. The highest BCUT2D eigenvalue weighted by molar-refractivity contribution is 9.10. The van der Waals surface area contributed by atoms with Crippen LogP contribution in [0.15, 0.2) is 15.2 Å². The molecule has 76 valence electrons. The van der Waals surface area contributed by atoms with Gasteiger partial charge in [0.1, 0.15) is 5.76 Å². The fraction of sp³-hybridized carbons (Fsp3) is 0.636. The Labute approximate surface area is 92.2 Å². The topological polar surface area (TPSA) is 25.2 Å². The maximum absolute atomic E-state index is 5.68. The van der Waals surface area contributed by atoms with Gasteiger partial charge in [-0.3, -0.25) is 0 Å². The highest BCUT2D eigenvalue weighted by Gasteiger charge is 2.40. The van der Waals surface area contributed by atoms with Crippen LogP contribution in [0.5, 0.6) is 0 Å². The summed E-state index contributed by atoms with van der Waals surface area (Å²) in [6.45, 7) is 2.29. The number of nitrogens with one attached hydrogen (secondary N) is 1. The van der Waals surface area contributed by atoms with Crippen molar-refractivity contribution in [2.45, 2.75) is 31.1 Å². The highest BCUT2D eigenvalue weighted by atomic mass is 79.9. The SMILES string of the molecule is Brc1cc2c(o1)CCCC21CCNC1. The van der Waals surface area contributed by atoms with Crippen LogP contribution in [-0.2, 0) is 11.8 Å². The molecule has 14 heavy (non-hydrogen) atoms. The van der Waals surface area contributed by atoms with Crippen LogP contribution in [0.4, 0.5) is 0 Å². The summed E-state index contributed by atoms with van der Waals surface area (Å²) in [6.07, 6.45) is 4.97. The van der Waals surface area contributed by atoms with Gasteiger partial charge in [-0.25, -0.2) is 0 Å². The molecule has 1 aliphatic carbocycles. The number of aryl methyl sites for hydroxylation is 1. The summed E-state index contributed by atoms with van der Waals surface area (Å²) in [5.41, 5.74) is 1.85. The predicted octanol–water partition coefficient (Wildman–Crippen LogP) is 2.61. The smallest absolute Gasteiger partial charge is 0.169 e. The minimum absolute atomic E-state index is 0.392. The zero-order valence-electron chi connectivity index (χ0n) is 8.11. The van der Waals surface area contributed by atoms with Crippen molar-refractivity contribution >= 4 is 15.9 Å². The van der Waals surface area contributed by atoms with Crippen LogP contribution >= 0.6 is 15.9 Å². The van der Waals surface area contributed by atoms with Gasteiger partial charge in [0, 0.05) is 23.9 Å². The fourth-order valence-corrected chi connectivity index (χ4v) is 3.36. The average Bonchev–Trinajstić information content (AvgIpc) is 2.74. The molecule has 0 amide bonds. The number of hydrogen-bond acceptors (Lipinski definition) is 2. The zero-order valence-corrected chi connectivity index (χ0v) is 9.69. The predicted molar refractivity (Wildman–Crippen MR) is 58.5 cm³/mol. The molecule has 1 fully saturated rings. The van der Waals surface area contributed by atoms with Crippen molar-refractivity contribution in [1.29, 1.82) is 0 Å². The molecule has 0 aromatic carbocycles. The zero-order chi connectivity index (χ0) is 9.60. The van der Waals surface area contributed by atoms with Crippen molar-refractivity contribution in [2.75, 3.05) is 13.1 Å². The van der Waals surface area contributed by atoms with Crippen LogP contribution in [0.25, 0.3) is 0 Å². The maximum Gasteiger partial charge on any atom is 0.169 e. The van der Waals surface area contributed by atoms with Gasteiger partial charge in [0.05, 0.1) is 0 Å². The highest BCUT2D eigenvalue weighted by Crippen LogP contribution is 2.43. The third-order valence-electron chi connectivity index (χ3n) is 3.65. The first kappa shape index (κ1) is 8.98. The second-order valence-corrected chi connectivity index (χ2v) is 5.23. The van der Waals surface area contributed by atoms with E-state index in [0.717, 1.165) is 24.2 Å². The van der Waals surface area contributed by atoms with E-state index in [-0.39, 0.29) is 0 Å². The van der Waals surface area contributed by atoms with Crippen molar-refractivity contribution in [3.63, 3.8) is 0 Å². The summed E-state index contributed by atoms with van der Waals surface area (Å²) in [5, 5.41) is 3.48. The number of rotatable bonds is 0. The van der Waals surface area contributed by atoms with E-state index >= 15 is 0 Å². The van der Waals surface area contributed by atoms with E-state index in [1.54, 1.807) is 0 Å². The summed E-state index contributed by atoms with van der Waals surface area (Å²) in [4.78, 5) is 0. The van der Waals surface area contributed by atoms with Crippen LogP contribution in [0, 0.1) is 0 Å². The lowest BCUT2D eigenvalue weighted by molar-refractivity contribution is 0.358. The molecule has 0 radical (unpaired) electrons. The van der Waals surface area contributed by atoms with Crippen molar-refractivity contribution in [3.8, 4) is 0 Å². The van der Waals surface area contributed by atoms with Crippen LogP contribution in [0.2, 0.25) is 0 Å². The maximum atomic E-state index is 5.68. The number of fused-ring (bicyclic) bond motifs is 2. The lowest BCUT2D eigenvalue weighted by atomic mass is 9.72. The van der Waals surface area contributed by atoms with Crippen LogP contribution in [-0.4, -0.2) is 13.1 Å². The average molecular weight is 256 g/mol. The molecule has 1 spiro atoms. The molecule has 0 bridgehead atoms. The minimum atomic E-state index is 0.392. The Hall–Kier alpha value is -0.280. The molecular formula is C11H14BrNO. The lowest BCUT2D eigenvalue weighted by Gasteiger charge is -2.31. The van der Waals surface area contributed by atoms with E-state index in [1.807, 2.05) is 0 Å². The molecule has 1 atom stereocenters. The van der Waals surface area contributed by atoms with Gasteiger partial charge in [0.15, 0.2) is 4.67 Å². The van der Waals surface area contributed by atoms with Crippen LogP contribution in [0.1, 0.15) is 30.6 Å². The molecule has 2 nitrogen and oxygen atoms in total. The van der Waals surface area contributed by atoms with Gasteiger partial charge >= 0.3 is 0 Å². The molecule has 1 N–H and O–H groups in total. The molecule has 1 aromatic heterocycles. The van der Waals surface area contributed by atoms with Gasteiger partial charge in [-0.2, -0.15) is 0 Å². The molecule has 2 aliphatic rings. The first-order chi connectivity index (χ1) is 6.80. The van der Waals surface area contributed by atoms with Crippen molar-refractivity contribution in [3.05, 3.63) is 22.1 Å². The fourth-order valence-electron chi connectivity index (χ4n) is 2.94. The summed E-state index contributed by atoms with van der Waals surface area (Å²) in [6, 6.07) is 2.18. The van der Waals surface area contributed by atoms with Crippen molar-refractivity contribution in [1.82, 2.24) is 5.32 Å². The molecule has 1 aromatic rings. The third-order valence-corrected chi connectivity index (χ3v) is 4.04. The normalized spacial score (nSPS) is 30.9. The largest absolute Gasteiger partial charge is 0.454 e. The molecule has 3 heteroatoms. The molecular weight excluding hydrogens is 242 g/mol. The van der Waals surface area contributed by atoms with Crippen LogP contribution < -0.4 is 5.32 Å². The first-order valence-electron chi connectivity index (χ1n) is 5.30. The number of halogens is 1. The van der Waals surface area contributed by atoms with Crippen molar-refractivity contribution < 1.29 is 4.42 Å². The summed E-state index contributed by atoms with van der Waals surface area (Å²) >= 11 is 3.44. The van der Waals surface area contributed by atoms with Gasteiger partial charge in [-0.1, -0.05) is 0 Å². The molecule has 3 rings (SSSR count). The molecule has 2 heterocycles. The van der Waals surface area contributed by atoms with E-state index < -0.39 is 0 Å². The second kappa shape index (κ2) is 3.11. The Bertz CT molecular complexity index is 352. The standard InChI is InChI=1S/C11H14BrNO/c12-10-6-8-9(14-10)2-1-3-11(8)4-5-13-7-11/h6,13H,1-5,7H2. The first-order valence-corrected chi connectivity index (χ1v) is 6.09. The Morgan fingerprint density at radius 2 is 2.36 bits per heavy atom. The van der Waals surface area contributed by atoms with Crippen molar-refractivity contribution in [2.24, 2.45) is 0 Å². The minimum Gasteiger partial charge on any atom is -0.454 e. The summed E-state index contributed by atoms with van der Waals surface area (Å²) in [5.74, 6) is 1.21. The monoisotopic (exact) mass is 255 g/mol. The van der Waals surface area contributed by atoms with Gasteiger partial charge < -0.3 is 9.73 Å². The van der Waals surface area contributed by atoms with E-state index in [4.69, 9.17) is 4.42 Å². The second-order valence-electron chi connectivity index (χ2n) is 4.45.